The van der Waals surface area contributed by atoms with Gasteiger partial charge in [-0.15, -0.1) is 17.9 Å². The molecule has 1 aromatic heterocycles. The van der Waals surface area contributed by atoms with Crippen LogP contribution in [0.4, 0.5) is 0 Å². The van der Waals surface area contributed by atoms with Gasteiger partial charge in [0.2, 0.25) is 0 Å². The molecule has 2 unspecified atom stereocenters. The molecule has 4 rings (SSSR count). The molecule has 7 atom stereocenters. The van der Waals surface area contributed by atoms with Crippen molar-refractivity contribution in [2.45, 2.75) is 103 Å². The molecule has 0 radical (unpaired) electrons. The Kier molecular flexibility index (Phi) is 8.48. The summed E-state index contributed by atoms with van der Waals surface area (Å²) in [6.45, 7) is 13.0. The predicted octanol–water partition coefficient (Wildman–Crippen LogP) is 5.46. The standard InChI is InChI=1S/C30H41NO6S/c1-7-9-20-27(34)17(2)10-8-13-30(6)25(37-30)15-22(19-11-12-23-21(14-19)31-18(3)38-23)36-26(33)16-24(32)29(4,5)28(20)35/h7,11-12,14,17,20,22,24-25,27,32,34H,1,8-10,13,15-16H2,2-6H3/t17-,20-,22-,24+,25?,27-,30?/m0/s1. The number of carbonyl (C=O) groups is 2. The topological polar surface area (TPSA) is 109 Å². The van der Waals surface area contributed by atoms with Crippen LogP contribution in [0, 0.1) is 24.2 Å². The van der Waals surface area contributed by atoms with Gasteiger partial charge in [-0.1, -0.05) is 39.3 Å². The van der Waals surface area contributed by atoms with Crippen LogP contribution in [-0.2, 0) is 19.1 Å². The van der Waals surface area contributed by atoms with Crippen molar-refractivity contribution in [3.63, 3.8) is 0 Å². The van der Waals surface area contributed by atoms with Crippen molar-refractivity contribution in [1.82, 2.24) is 4.98 Å². The Balaban J connectivity index is 1.63. The van der Waals surface area contributed by atoms with E-state index in [1.165, 1.54) is 0 Å². The van der Waals surface area contributed by atoms with Gasteiger partial charge in [0.05, 0.1) is 51.0 Å². The SMILES string of the molecule is C=CC[C@@H]1C(=O)C(C)(C)[C@H](O)CC(=O)O[C@H](c2ccc3sc(C)nc3c2)CC2OC2(C)CCC[C@H](C)[C@@H]1O. The number of aromatic nitrogens is 1. The van der Waals surface area contributed by atoms with Crippen LogP contribution in [0.3, 0.4) is 0 Å². The number of hydrogen-bond acceptors (Lipinski definition) is 8. The molecule has 2 aliphatic heterocycles. The number of benzene rings is 1. The lowest BCUT2D eigenvalue weighted by molar-refractivity contribution is -0.156. The maximum Gasteiger partial charge on any atom is 0.309 e. The Bertz CT molecular complexity index is 1190. The summed E-state index contributed by atoms with van der Waals surface area (Å²) >= 11 is 1.61. The molecule has 8 heteroatoms. The number of ketones is 1. The van der Waals surface area contributed by atoms with Crippen molar-refractivity contribution in [1.29, 1.82) is 0 Å². The highest BCUT2D eigenvalue weighted by molar-refractivity contribution is 7.18. The first kappa shape index (κ1) is 28.9. The number of esters is 1. The van der Waals surface area contributed by atoms with Crippen LogP contribution in [-0.4, -0.2) is 50.9 Å². The zero-order valence-electron chi connectivity index (χ0n) is 23.1. The van der Waals surface area contributed by atoms with E-state index in [2.05, 4.69) is 18.5 Å². The van der Waals surface area contributed by atoms with Crippen molar-refractivity contribution in [3.8, 4) is 0 Å². The number of carbonyl (C=O) groups excluding carboxylic acids is 2. The molecular formula is C30H41NO6S. The van der Waals surface area contributed by atoms with E-state index in [1.54, 1.807) is 31.3 Å². The molecule has 1 aromatic carbocycles. The summed E-state index contributed by atoms with van der Waals surface area (Å²) in [5.74, 6) is -1.68. The summed E-state index contributed by atoms with van der Waals surface area (Å²) in [6, 6.07) is 5.92. The average Bonchev–Trinajstić information content (AvgIpc) is 3.32. The van der Waals surface area contributed by atoms with Crippen molar-refractivity contribution in [3.05, 3.63) is 41.4 Å². The highest BCUT2D eigenvalue weighted by atomic mass is 32.1. The van der Waals surface area contributed by atoms with Crippen LogP contribution in [0.5, 0.6) is 0 Å². The summed E-state index contributed by atoms with van der Waals surface area (Å²) < 4.78 is 13.2. The Morgan fingerprint density at radius 3 is 2.68 bits per heavy atom. The van der Waals surface area contributed by atoms with Gasteiger partial charge in [-0.05, 0) is 56.7 Å². The van der Waals surface area contributed by atoms with Crippen LogP contribution in [0.1, 0.15) is 82.9 Å². The van der Waals surface area contributed by atoms with Gasteiger partial charge >= 0.3 is 5.97 Å². The fourth-order valence-electron chi connectivity index (χ4n) is 5.70. The number of ether oxygens (including phenoxy) is 2. The van der Waals surface area contributed by atoms with Crippen molar-refractivity contribution >= 4 is 33.3 Å². The number of nitrogens with zero attached hydrogens (tertiary/aromatic N) is 1. The Morgan fingerprint density at radius 2 is 1.97 bits per heavy atom. The second-order valence-electron chi connectivity index (χ2n) is 11.9. The molecule has 0 spiro atoms. The van der Waals surface area contributed by atoms with Crippen molar-refractivity contribution in [2.75, 3.05) is 0 Å². The minimum atomic E-state index is -1.27. The van der Waals surface area contributed by atoms with Gasteiger partial charge in [-0.2, -0.15) is 0 Å². The Labute approximate surface area is 229 Å². The number of rotatable bonds is 3. The minimum absolute atomic E-state index is 0.0715. The molecule has 0 aliphatic carbocycles. The molecule has 3 heterocycles. The number of fused-ring (bicyclic) bond motifs is 2. The number of allylic oxidation sites excluding steroid dienone is 1. The van der Waals surface area contributed by atoms with Crippen LogP contribution < -0.4 is 0 Å². The lowest BCUT2D eigenvalue weighted by Gasteiger charge is -2.35. The molecule has 7 nitrogen and oxygen atoms in total. The van der Waals surface area contributed by atoms with Gasteiger partial charge in [0.25, 0.3) is 0 Å². The molecule has 2 fully saturated rings. The summed E-state index contributed by atoms with van der Waals surface area (Å²) in [4.78, 5) is 31.3. The normalized spacial score (nSPS) is 34.9. The lowest BCUT2D eigenvalue weighted by atomic mass is 9.71. The molecule has 0 saturated carbocycles. The summed E-state index contributed by atoms with van der Waals surface area (Å²) in [6.07, 6.45) is 1.71. The van der Waals surface area contributed by atoms with Crippen LogP contribution in [0.25, 0.3) is 10.2 Å². The molecule has 2 aromatic rings. The van der Waals surface area contributed by atoms with Gasteiger partial charge < -0.3 is 19.7 Å². The highest BCUT2D eigenvalue weighted by Gasteiger charge is 2.53. The molecule has 38 heavy (non-hydrogen) atoms. The van der Waals surface area contributed by atoms with Crippen LogP contribution in [0.15, 0.2) is 30.9 Å². The zero-order valence-corrected chi connectivity index (χ0v) is 23.9. The van der Waals surface area contributed by atoms with E-state index in [0.29, 0.717) is 12.8 Å². The van der Waals surface area contributed by atoms with E-state index in [9.17, 15) is 19.8 Å². The summed E-state index contributed by atoms with van der Waals surface area (Å²) in [5, 5.41) is 23.2. The summed E-state index contributed by atoms with van der Waals surface area (Å²) in [5.41, 5.74) is 0.115. The third-order valence-electron chi connectivity index (χ3n) is 8.54. The van der Waals surface area contributed by atoms with E-state index < -0.39 is 35.6 Å². The van der Waals surface area contributed by atoms with E-state index >= 15 is 0 Å². The third-order valence-corrected chi connectivity index (χ3v) is 9.49. The summed E-state index contributed by atoms with van der Waals surface area (Å²) in [7, 11) is 0. The maximum absolute atomic E-state index is 13.6. The molecule has 2 N–H and O–H groups in total. The number of cyclic esters (lactones) is 1. The van der Waals surface area contributed by atoms with Gasteiger partial charge in [0.1, 0.15) is 11.9 Å². The zero-order chi connectivity index (χ0) is 27.8. The van der Waals surface area contributed by atoms with E-state index in [1.807, 2.05) is 32.0 Å². The number of Topliss-reactive ketones (excluding diaryl/α,β-unsaturated/α-hetero) is 1. The van der Waals surface area contributed by atoms with Gasteiger partial charge in [0.15, 0.2) is 0 Å². The Morgan fingerprint density at radius 1 is 1.24 bits per heavy atom. The molecule has 0 bridgehead atoms. The van der Waals surface area contributed by atoms with Gasteiger partial charge in [0, 0.05) is 12.3 Å². The number of aliphatic hydroxyl groups excluding tert-OH is 2. The third kappa shape index (κ3) is 6.03. The molecule has 0 amide bonds. The number of hydrogen-bond donors (Lipinski definition) is 2. The molecular weight excluding hydrogens is 502 g/mol. The highest BCUT2D eigenvalue weighted by Crippen LogP contribution is 2.47. The average molecular weight is 544 g/mol. The number of aliphatic hydroxyl groups is 2. The monoisotopic (exact) mass is 543 g/mol. The van der Waals surface area contributed by atoms with Crippen LogP contribution >= 0.6 is 11.3 Å². The quantitative estimate of drug-likeness (QED) is 0.301. The predicted molar refractivity (Wildman–Crippen MR) is 148 cm³/mol. The molecule has 208 valence electrons. The van der Waals surface area contributed by atoms with E-state index in [0.717, 1.165) is 40.1 Å². The second-order valence-corrected chi connectivity index (χ2v) is 13.1. The first-order valence-electron chi connectivity index (χ1n) is 13.6. The van der Waals surface area contributed by atoms with E-state index in [-0.39, 0.29) is 29.8 Å². The van der Waals surface area contributed by atoms with E-state index in [4.69, 9.17) is 9.47 Å². The fraction of sp³-hybridized carbons (Fsp3) is 0.633. The largest absolute Gasteiger partial charge is 0.457 e. The first-order chi connectivity index (χ1) is 17.9. The number of thiazole rings is 1. The second kappa shape index (κ2) is 11.2. The Hall–Kier alpha value is -2.13. The van der Waals surface area contributed by atoms with Crippen molar-refractivity contribution < 1.29 is 29.3 Å². The minimum Gasteiger partial charge on any atom is -0.457 e. The first-order valence-corrected chi connectivity index (χ1v) is 14.4. The maximum atomic E-state index is 13.6. The number of epoxide rings is 1. The van der Waals surface area contributed by atoms with Gasteiger partial charge in [-0.3, -0.25) is 9.59 Å². The van der Waals surface area contributed by atoms with Crippen LogP contribution in [0.2, 0.25) is 0 Å². The van der Waals surface area contributed by atoms with Crippen molar-refractivity contribution in [2.24, 2.45) is 17.3 Å². The lowest BCUT2D eigenvalue weighted by Crippen LogP contribution is -2.46. The smallest absolute Gasteiger partial charge is 0.309 e. The molecule has 2 aliphatic rings. The van der Waals surface area contributed by atoms with Gasteiger partial charge in [-0.25, -0.2) is 4.98 Å². The fourth-order valence-corrected chi connectivity index (χ4v) is 6.51. The number of aryl methyl sites for hydroxylation is 1. The molecule has 2 saturated heterocycles.